The standard InChI is InChI=1S/C20H20N8O/c1-2-3-7-23-18-13-26-17(12-27-18)20(29)28-14-6-9-22-15(10-14)11-25-16-5-4-8-24-19(16)21/h4-6,8-10,12-13,25H,7,11H2,1H3,(H2,21,24)(H,23,27)(H,22,28,29). The number of nitrogen functional groups attached to an aromatic ring is 1. The number of hydrogen-bond acceptors (Lipinski definition) is 8. The SMILES string of the molecule is CC#CCNc1cnc(C(=O)Nc2ccnc(CNc3cccnc3N)c2)cn1. The Balaban J connectivity index is 1.59. The number of anilines is 4. The van der Waals surface area contributed by atoms with Gasteiger partial charge in [0, 0.05) is 18.1 Å². The number of pyridine rings is 2. The van der Waals surface area contributed by atoms with Crippen LogP contribution >= 0.6 is 0 Å². The van der Waals surface area contributed by atoms with E-state index in [0.717, 1.165) is 11.4 Å². The molecule has 0 bridgehead atoms. The fourth-order valence-electron chi connectivity index (χ4n) is 2.36. The van der Waals surface area contributed by atoms with Crippen molar-refractivity contribution in [1.29, 1.82) is 0 Å². The first-order chi connectivity index (χ1) is 14.2. The highest BCUT2D eigenvalue weighted by atomic mass is 16.1. The second-order valence-corrected chi connectivity index (χ2v) is 5.85. The third kappa shape index (κ3) is 5.64. The van der Waals surface area contributed by atoms with Gasteiger partial charge in [0.2, 0.25) is 0 Å². The third-order valence-electron chi connectivity index (χ3n) is 3.79. The van der Waals surface area contributed by atoms with Gasteiger partial charge in [-0.3, -0.25) is 9.78 Å². The lowest BCUT2D eigenvalue weighted by Crippen LogP contribution is -2.15. The lowest BCUT2D eigenvalue weighted by Gasteiger charge is -2.09. The molecule has 0 fully saturated rings. The highest BCUT2D eigenvalue weighted by Crippen LogP contribution is 2.16. The van der Waals surface area contributed by atoms with Crippen molar-refractivity contribution >= 4 is 28.9 Å². The Morgan fingerprint density at radius 2 is 2.00 bits per heavy atom. The maximum Gasteiger partial charge on any atom is 0.275 e. The molecule has 29 heavy (non-hydrogen) atoms. The second kappa shape index (κ2) is 9.66. The average molecular weight is 388 g/mol. The summed E-state index contributed by atoms with van der Waals surface area (Å²) >= 11 is 0. The molecule has 3 rings (SSSR count). The number of amides is 1. The van der Waals surface area contributed by atoms with E-state index in [1.807, 2.05) is 6.07 Å². The Bertz CT molecular complexity index is 1040. The Morgan fingerprint density at radius 3 is 2.76 bits per heavy atom. The molecule has 1 amide bonds. The summed E-state index contributed by atoms with van der Waals surface area (Å²) in [6.45, 7) is 2.66. The van der Waals surface area contributed by atoms with Gasteiger partial charge in [0.25, 0.3) is 5.91 Å². The van der Waals surface area contributed by atoms with Crippen molar-refractivity contribution in [3.05, 3.63) is 60.4 Å². The molecule has 0 aliphatic carbocycles. The summed E-state index contributed by atoms with van der Waals surface area (Å²) in [5.41, 5.74) is 8.07. The minimum Gasteiger partial charge on any atom is -0.382 e. The van der Waals surface area contributed by atoms with E-state index in [4.69, 9.17) is 5.73 Å². The summed E-state index contributed by atoms with van der Waals surface area (Å²) in [6, 6.07) is 7.10. The molecule has 0 spiro atoms. The average Bonchev–Trinajstić information content (AvgIpc) is 2.74. The van der Waals surface area contributed by atoms with Gasteiger partial charge in [0.15, 0.2) is 0 Å². The molecule has 0 radical (unpaired) electrons. The maximum absolute atomic E-state index is 12.4. The van der Waals surface area contributed by atoms with Crippen molar-refractivity contribution in [2.75, 3.05) is 28.2 Å². The number of hydrogen-bond donors (Lipinski definition) is 4. The van der Waals surface area contributed by atoms with Crippen LogP contribution in [0.25, 0.3) is 0 Å². The van der Waals surface area contributed by atoms with E-state index in [1.165, 1.54) is 12.4 Å². The molecule has 3 heterocycles. The molecule has 0 aliphatic rings. The minimum absolute atomic E-state index is 0.205. The molecule has 0 aromatic carbocycles. The van der Waals surface area contributed by atoms with Crippen LogP contribution in [-0.2, 0) is 6.54 Å². The van der Waals surface area contributed by atoms with Crippen molar-refractivity contribution in [3.8, 4) is 11.8 Å². The lowest BCUT2D eigenvalue weighted by atomic mass is 10.3. The highest BCUT2D eigenvalue weighted by Gasteiger charge is 2.09. The van der Waals surface area contributed by atoms with Crippen LogP contribution in [0, 0.1) is 11.8 Å². The molecule has 0 atom stereocenters. The fraction of sp³-hybridized carbons (Fsp3) is 0.150. The molecule has 0 saturated carbocycles. The highest BCUT2D eigenvalue weighted by molar-refractivity contribution is 6.02. The van der Waals surface area contributed by atoms with Crippen molar-refractivity contribution in [1.82, 2.24) is 19.9 Å². The van der Waals surface area contributed by atoms with Crippen LogP contribution in [0.15, 0.2) is 49.1 Å². The number of nitrogens with two attached hydrogens (primary N) is 1. The first-order valence-corrected chi connectivity index (χ1v) is 8.82. The molecule has 3 aromatic rings. The van der Waals surface area contributed by atoms with Crippen LogP contribution in [0.4, 0.5) is 23.0 Å². The van der Waals surface area contributed by atoms with Gasteiger partial charge in [-0.25, -0.2) is 15.0 Å². The molecule has 146 valence electrons. The van der Waals surface area contributed by atoms with Crippen molar-refractivity contribution in [2.24, 2.45) is 0 Å². The zero-order valence-corrected chi connectivity index (χ0v) is 15.8. The van der Waals surface area contributed by atoms with Crippen LogP contribution in [0.3, 0.4) is 0 Å². The predicted octanol–water partition coefficient (Wildman–Crippen LogP) is 2.15. The Hall–Kier alpha value is -4.19. The van der Waals surface area contributed by atoms with Gasteiger partial charge >= 0.3 is 0 Å². The molecule has 9 heteroatoms. The first kappa shape index (κ1) is 19.6. The normalized spacial score (nSPS) is 9.83. The van der Waals surface area contributed by atoms with Crippen LogP contribution in [-0.4, -0.2) is 32.4 Å². The van der Waals surface area contributed by atoms with Gasteiger partial charge in [0.1, 0.15) is 17.3 Å². The van der Waals surface area contributed by atoms with Gasteiger partial charge in [-0.15, -0.1) is 5.92 Å². The lowest BCUT2D eigenvalue weighted by molar-refractivity contribution is 0.102. The molecule has 0 aliphatic heterocycles. The summed E-state index contributed by atoms with van der Waals surface area (Å²) in [4.78, 5) is 29.0. The zero-order chi connectivity index (χ0) is 20.5. The number of carbonyl (C=O) groups is 1. The van der Waals surface area contributed by atoms with E-state index in [-0.39, 0.29) is 11.6 Å². The molecule has 9 nitrogen and oxygen atoms in total. The summed E-state index contributed by atoms with van der Waals surface area (Å²) < 4.78 is 0. The molecule has 3 aromatic heterocycles. The monoisotopic (exact) mass is 388 g/mol. The molecular weight excluding hydrogens is 368 g/mol. The first-order valence-electron chi connectivity index (χ1n) is 8.82. The number of nitrogens with zero attached hydrogens (tertiary/aromatic N) is 4. The minimum atomic E-state index is -0.362. The van der Waals surface area contributed by atoms with Crippen LogP contribution < -0.4 is 21.7 Å². The van der Waals surface area contributed by atoms with Crippen LogP contribution in [0.5, 0.6) is 0 Å². The number of nitrogens with one attached hydrogen (secondary N) is 3. The largest absolute Gasteiger partial charge is 0.382 e. The summed E-state index contributed by atoms with van der Waals surface area (Å²) in [5, 5.41) is 8.95. The second-order valence-electron chi connectivity index (χ2n) is 5.85. The quantitative estimate of drug-likeness (QED) is 0.453. The van der Waals surface area contributed by atoms with Gasteiger partial charge in [-0.05, 0) is 31.2 Å². The molecule has 0 unspecified atom stereocenters. The van der Waals surface area contributed by atoms with Gasteiger partial charge in [0.05, 0.1) is 36.9 Å². The zero-order valence-electron chi connectivity index (χ0n) is 15.8. The predicted molar refractivity (Wildman–Crippen MR) is 112 cm³/mol. The van der Waals surface area contributed by atoms with Gasteiger partial charge < -0.3 is 21.7 Å². The summed E-state index contributed by atoms with van der Waals surface area (Å²) in [7, 11) is 0. The van der Waals surface area contributed by atoms with Gasteiger partial charge in [-0.1, -0.05) is 5.92 Å². The molecule has 5 N–H and O–H groups in total. The smallest absolute Gasteiger partial charge is 0.275 e. The Morgan fingerprint density at radius 1 is 1.10 bits per heavy atom. The molecule has 0 saturated heterocycles. The summed E-state index contributed by atoms with van der Waals surface area (Å²) in [6.07, 6.45) is 6.14. The topological polar surface area (TPSA) is 131 Å². The maximum atomic E-state index is 12.4. The van der Waals surface area contributed by atoms with E-state index in [9.17, 15) is 4.79 Å². The number of rotatable bonds is 7. The van der Waals surface area contributed by atoms with Crippen LogP contribution in [0.1, 0.15) is 23.1 Å². The van der Waals surface area contributed by atoms with Crippen molar-refractivity contribution in [2.45, 2.75) is 13.5 Å². The van der Waals surface area contributed by atoms with E-state index >= 15 is 0 Å². The van der Waals surface area contributed by atoms with E-state index in [0.29, 0.717) is 30.4 Å². The third-order valence-corrected chi connectivity index (χ3v) is 3.79. The fourth-order valence-corrected chi connectivity index (χ4v) is 2.36. The number of carbonyl (C=O) groups excluding carboxylic acids is 1. The van der Waals surface area contributed by atoms with Crippen LogP contribution in [0.2, 0.25) is 0 Å². The van der Waals surface area contributed by atoms with E-state index in [2.05, 4.69) is 47.7 Å². The van der Waals surface area contributed by atoms with E-state index < -0.39 is 0 Å². The van der Waals surface area contributed by atoms with Crippen molar-refractivity contribution in [3.63, 3.8) is 0 Å². The van der Waals surface area contributed by atoms with Crippen molar-refractivity contribution < 1.29 is 4.79 Å². The molecular formula is C20H20N8O. The number of aromatic nitrogens is 4. The Labute approximate surface area is 168 Å². The van der Waals surface area contributed by atoms with Gasteiger partial charge in [-0.2, -0.15) is 0 Å². The summed E-state index contributed by atoms with van der Waals surface area (Å²) in [5.74, 6) is 6.25. The Kier molecular flexibility index (Phi) is 6.52. The van der Waals surface area contributed by atoms with E-state index in [1.54, 1.807) is 37.5 Å².